The summed E-state index contributed by atoms with van der Waals surface area (Å²) >= 11 is 5.84. The van der Waals surface area contributed by atoms with Crippen LogP contribution in [0, 0.1) is 5.82 Å². The Kier molecular flexibility index (Phi) is 5.58. The first-order valence-corrected chi connectivity index (χ1v) is 7.39. The summed E-state index contributed by atoms with van der Waals surface area (Å²) in [5.41, 5.74) is 0. The van der Waals surface area contributed by atoms with Crippen LogP contribution >= 0.6 is 24.0 Å². The van der Waals surface area contributed by atoms with Gasteiger partial charge in [0.25, 0.3) is 0 Å². The predicted octanol–water partition coefficient (Wildman–Crippen LogP) is 1.88. The fourth-order valence-electron chi connectivity index (χ4n) is 2.00. The average molecular weight is 329 g/mol. The van der Waals surface area contributed by atoms with Crippen LogP contribution < -0.4 is 5.32 Å². The summed E-state index contributed by atoms with van der Waals surface area (Å²) in [5.74, 6) is -0.609. The molecule has 0 aromatic heterocycles. The first-order valence-electron chi connectivity index (χ1n) is 5.57. The third kappa shape index (κ3) is 3.38. The molecule has 1 heterocycles. The van der Waals surface area contributed by atoms with E-state index in [1.165, 1.54) is 10.4 Å². The van der Waals surface area contributed by atoms with Crippen molar-refractivity contribution >= 4 is 34.0 Å². The van der Waals surface area contributed by atoms with Gasteiger partial charge in [-0.05, 0) is 31.7 Å². The summed E-state index contributed by atoms with van der Waals surface area (Å²) in [6, 6.07) is 3.49. The minimum Gasteiger partial charge on any atom is -0.316 e. The van der Waals surface area contributed by atoms with Gasteiger partial charge in [0, 0.05) is 19.1 Å². The van der Waals surface area contributed by atoms with Crippen molar-refractivity contribution in [3.63, 3.8) is 0 Å². The van der Waals surface area contributed by atoms with Crippen LogP contribution in [0.15, 0.2) is 23.1 Å². The van der Waals surface area contributed by atoms with E-state index in [0.29, 0.717) is 13.1 Å². The average Bonchev–Trinajstić information content (AvgIpc) is 2.81. The van der Waals surface area contributed by atoms with Crippen LogP contribution in [0.3, 0.4) is 0 Å². The number of likely N-dealkylation sites (N-methyl/N-ethyl adjacent to an activating group) is 1. The maximum atomic E-state index is 13.2. The molecule has 108 valence electrons. The quantitative estimate of drug-likeness (QED) is 0.921. The SMILES string of the molecule is CNC1CCN(S(=O)(=O)c2cc(F)ccc2Cl)C1.Cl. The molecule has 0 amide bonds. The third-order valence-corrected chi connectivity index (χ3v) is 5.42. The second-order valence-corrected chi connectivity index (χ2v) is 6.53. The third-order valence-electron chi connectivity index (χ3n) is 3.07. The normalized spacial score (nSPS) is 20.3. The van der Waals surface area contributed by atoms with Gasteiger partial charge in [0.15, 0.2) is 0 Å². The Morgan fingerprint density at radius 1 is 1.47 bits per heavy atom. The van der Waals surface area contributed by atoms with Gasteiger partial charge in [-0.25, -0.2) is 12.8 Å². The number of hydrogen-bond donors (Lipinski definition) is 1. The Balaban J connectivity index is 0.00000180. The summed E-state index contributed by atoms with van der Waals surface area (Å²) in [5, 5.41) is 3.08. The fraction of sp³-hybridized carbons (Fsp3) is 0.455. The molecule has 8 heteroatoms. The minimum atomic E-state index is -3.71. The highest BCUT2D eigenvalue weighted by Crippen LogP contribution is 2.27. The van der Waals surface area contributed by atoms with E-state index in [1.54, 1.807) is 7.05 Å². The monoisotopic (exact) mass is 328 g/mol. The van der Waals surface area contributed by atoms with E-state index in [4.69, 9.17) is 11.6 Å². The van der Waals surface area contributed by atoms with Crippen LogP contribution in [0.5, 0.6) is 0 Å². The van der Waals surface area contributed by atoms with Gasteiger partial charge in [0.05, 0.1) is 5.02 Å². The number of nitrogens with one attached hydrogen (secondary N) is 1. The van der Waals surface area contributed by atoms with Crippen molar-refractivity contribution in [3.05, 3.63) is 29.0 Å². The molecule has 1 aromatic carbocycles. The van der Waals surface area contributed by atoms with Gasteiger partial charge in [-0.2, -0.15) is 4.31 Å². The second kappa shape index (κ2) is 6.37. The molecule has 19 heavy (non-hydrogen) atoms. The number of hydrogen-bond acceptors (Lipinski definition) is 3. The number of rotatable bonds is 3. The number of halogens is 3. The van der Waals surface area contributed by atoms with Crippen molar-refractivity contribution in [2.75, 3.05) is 20.1 Å². The highest BCUT2D eigenvalue weighted by molar-refractivity contribution is 7.89. The van der Waals surface area contributed by atoms with Crippen LogP contribution in [0.1, 0.15) is 6.42 Å². The second-order valence-electron chi connectivity index (χ2n) is 4.21. The van der Waals surface area contributed by atoms with E-state index < -0.39 is 15.8 Å². The van der Waals surface area contributed by atoms with Gasteiger partial charge >= 0.3 is 0 Å². The van der Waals surface area contributed by atoms with Crippen LogP contribution in [0.2, 0.25) is 5.02 Å². The van der Waals surface area contributed by atoms with Crippen LogP contribution in [-0.2, 0) is 10.0 Å². The molecule has 1 aromatic rings. The topological polar surface area (TPSA) is 49.4 Å². The lowest BCUT2D eigenvalue weighted by atomic mass is 10.3. The van der Waals surface area contributed by atoms with Crippen LogP contribution in [-0.4, -0.2) is 38.9 Å². The fourth-order valence-corrected chi connectivity index (χ4v) is 3.98. The smallest absolute Gasteiger partial charge is 0.244 e. The standard InChI is InChI=1S/C11H14ClFN2O2S.ClH/c1-14-9-4-5-15(7-9)18(16,17)11-6-8(13)2-3-10(11)12;/h2-3,6,9,14H,4-5,7H2,1H3;1H. The van der Waals surface area contributed by atoms with Gasteiger partial charge in [-0.3, -0.25) is 0 Å². The summed E-state index contributed by atoms with van der Waals surface area (Å²) in [7, 11) is -1.93. The molecule has 1 fully saturated rings. The maximum Gasteiger partial charge on any atom is 0.244 e. The van der Waals surface area contributed by atoms with Crippen molar-refractivity contribution in [1.29, 1.82) is 0 Å². The van der Waals surface area contributed by atoms with E-state index in [2.05, 4.69) is 5.32 Å². The zero-order chi connectivity index (χ0) is 13.3. The Labute approximate surface area is 123 Å². The molecular weight excluding hydrogens is 314 g/mol. The first kappa shape index (κ1) is 16.7. The van der Waals surface area contributed by atoms with E-state index >= 15 is 0 Å². The minimum absolute atomic E-state index is 0. The van der Waals surface area contributed by atoms with Gasteiger partial charge in [-0.1, -0.05) is 11.6 Å². The highest BCUT2D eigenvalue weighted by atomic mass is 35.5. The Bertz CT molecular complexity index is 554. The van der Waals surface area contributed by atoms with Crippen molar-refractivity contribution in [3.8, 4) is 0 Å². The molecule has 0 radical (unpaired) electrons. The van der Waals surface area contributed by atoms with Crippen LogP contribution in [0.4, 0.5) is 4.39 Å². The zero-order valence-corrected chi connectivity index (χ0v) is 12.7. The largest absolute Gasteiger partial charge is 0.316 e. The van der Waals surface area contributed by atoms with E-state index in [0.717, 1.165) is 18.6 Å². The molecule has 2 rings (SSSR count). The lowest BCUT2D eigenvalue weighted by molar-refractivity contribution is 0.464. The van der Waals surface area contributed by atoms with Crippen molar-refractivity contribution in [2.45, 2.75) is 17.4 Å². The molecule has 1 unspecified atom stereocenters. The summed E-state index contributed by atoms with van der Waals surface area (Å²) in [6.45, 7) is 0.798. The predicted molar refractivity (Wildman–Crippen MR) is 74.9 cm³/mol. The Hall–Kier alpha value is -0.400. The van der Waals surface area contributed by atoms with Crippen molar-refractivity contribution in [2.24, 2.45) is 0 Å². The zero-order valence-electron chi connectivity index (χ0n) is 10.3. The highest BCUT2D eigenvalue weighted by Gasteiger charge is 2.33. The van der Waals surface area contributed by atoms with Crippen molar-refractivity contribution < 1.29 is 12.8 Å². The van der Waals surface area contributed by atoms with Gasteiger partial charge in [0.2, 0.25) is 10.0 Å². The number of nitrogens with zero attached hydrogens (tertiary/aromatic N) is 1. The van der Waals surface area contributed by atoms with Gasteiger partial charge in [0.1, 0.15) is 10.7 Å². The summed E-state index contributed by atoms with van der Waals surface area (Å²) in [6.07, 6.45) is 0.739. The molecule has 1 N–H and O–H groups in total. The van der Waals surface area contributed by atoms with E-state index in [1.807, 2.05) is 0 Å². The molecule has 4 nitrogen and oxygen atoms in total. The van der Waals surface area contributed by atoms with Gasteiger partial charge in [-0.15, -0.1) is 12.4 Å². The lowest BCUT2D eigenvalue weighted by Gasteiger charge is -2.17. The van der Waals surface area contributed by atoms with Gasteiger partial charge < -0.3 is 5.32 Å². The summed E-state index contributed by atoms with van der Waals surface area (Å²) < 4.78 is 39.1. The molecule has 1 atom stereocenters. The molecular formula is C11H15Cl2FN2O2S. The molecule has 1 aliphatic heterocycles. The molecule has 1 aliphatic rings. The number of sulfonamides is 1. The molecule has 1 saturated heterocycles. The Morgan fingerprint density at radius 2 is 2.16 bits per heavy atom. The molecule has 0 spiro atoms. The Morgan fingerprint density at radius 3 is 2.74 bits per heavy atom. The van der Waals surface area contributed by atoms with Crippen molar-refractivity contribution in [1.82, 2.24) is 9.62 Å². The van der Waals surface area contributed by atoms with E-state index in [-0.39, 0.29) is 28.4 Å². The molecule has 0 saturated carbocycles. The van der Waals surface area contributed by atoms with Crippen LogP contribution in [0.25, 0.3) is 0 Å². The first-order chi connectivity index (χ1) is 8.45. The molecule has 0 bridgehead atoms. The van der Waals surface area contributed by atoms with E-state index in [9.17, 15) is 12.8 Å². The number of benzene rings is 1. The lowest BCUT2D eigenvalue weighted by Crippen LogP contribution is -2.33. The summed E-state index contributed by atoms with van der Waals surface area (Å²) in [4.78, 5) is -0.166. The maximum absolute atomic E-state index is 13.2. The molecule has 0 aliphatic carbocycles.